The monoisotopic (exact) mass is 456 g/mol. The van der Waals surface area contributed by atoms with Crippen molar-refractivity contribution in [3.8, 4) is 11.3 Å². The average molecular weight is 457 g/mol. The molecule has 2 aromatic heterocycles. The molecule has 33 heavy (non-hydrogen) atoms. The van der Waals surface area contributed by atoms with E-state index in [9.17, 15) is 9.59 Å². The van der Waals surface area contributed by atoms with Gasteiger partial charge in [-0.05, 0) is 61.4 Å². The Balaban J connectivity index is 1.61. The Bertz CT molecular complexity index is 1580. The first-order chi connectivity index (χ1) is 15.9. The molecule has 1 amide bonds. The van der Waals surface area contributed by atoms with Crippen LogP contribution in [0.25, 0.3) is 28.1 Å². The van der Waals surface area contributed by atoms with E-state index in [1.54, 1.807) is 16.7 Å². The highest BCUT2D eigenvalue weighted by Crippen LogP contribution is 2.23. The highest BCUT2D eigenvalue weighted by molar-refractivity contribution is 6.30. The molecule has 6 nitrogen and oxygen atoms in total. The molecule has 0 radical (unpaired) electrons. The van der Waals surface area contributed by atoms with Gasteiger partial charge in [0.2, 0.25) is 11.7 Å². The topological polar surface area (TPSA) is 68.4 Å². The third-order valence-corrected chi connectivity index (χ3v) is 6.04. The molecule has 0 aliphatic rings. The molecule has 0 spiro atoms. The molecule has 3 aromatic carbocycles. The van der Waals surface area contributed by atoms with Crippen LogP contribution in [0.2, 0.25) is 5.02 Å². The molecule has 0 fully saturated rings. The first kappa shape index (κ1) is 21.0. The fraction of sp³-hybridized carbons (Fsp3) is 0.115. The van der Waals surface area contributed by atoms with Gasteiger partial charge in [0, 0.05) is 22.3 Å². The van der Waals surface area contributed by atoms with Gasteiger partial charge in [0.15, 0.2) is 0 Å². The van der Waals surface area contributed by atoms with Crippen molar-refractivity contribution in [2.45, 2.75) is 20.4 Å². The van der Waals surface area contributed by atoms with E-state index in [1.165, 1.54) is 10.5 Å². The second-order valence-electron chi connectivity index (χ2n) is 8.04. The summed E-state index contributed by atoms with van der Waals surface area (Å²) in [4.78, 5) is 30.8. The average Bonchev–Trinajstić information content (AvgIpc) is 3.11. The molecule has 5 aromatic rings. The normalized spacial score (nSPS) is 11.2. The molecule has 0 atom stereocenters. The molecule has 0 aliphatic heterocycles. The van der Waals surface area contributed by atoms with Crippen LogP contribution in [-0.4, -0.2) is 19.9 Å². The molecule has 2 heterocycles. The van der Waals surface area contributed by atoms with Gasteiger partial charge in [0.1, 0.15) is 6.54 Å². The van der Waals surface area contributed by atoms with E-state index in [0.717, 1.165) is 27.9 Å². The predicted molar refractivity (Wildman–Crippen MR) is 132 cm³/mol. The highest BCUT2D eigenvalue weighted by Gasteiger charge is 2.17. The number of benzene rings is 3. The van der Waals surface area contributed by atoms with Crippen molar-refractivity contribution >= 4 is 40.0 Å². The zero-order valence-corrected chi connectivity index (χ0v) is 18.9. The van der Waals surface area contributed by atoms with Gasteiger partial charge in [0.05, 0.1) is 16.7 Å². The van der Waals surface area contributed by atoms with Crippen molar-refractivity contribution in [3.63, 3.8) is 0 Å². The number of hydrogen-bond donors (Lipinski definition) is 1. The molecule has 1 N–H and O–H groups in total. The molecule has 0 bridgehead atoms. The van der Waals surface area contributed by atoms with E-state index >= 15 is 0 Å². The first-order valence-electron chi connectivity index (χ1n) is 10.5. The number of aromatic nitrogens is 3. The van der Waals surface area contributed by atoms with Gasteiger partial charge in [-0.1, -0.05) is 41.9 Å². The number of aryl methyl sites for hydroxylation is 2. The van der Waals surface area contributed by atoms with Crippen LogP contribution >= 0.6 is 11.6 Å². The van der Waals surface area contributed by atoms with Gasteiger partial charge in [0.25, 0.3) is 5.56 Å². The van der Waals surface area contributed by atoms with E-state index in [-0.39, 0.29) is 18.0 Å². The van der Waals surface area contributed by atoms with Gasteiger partial charge in [-0.25, -0.2) is 9.38 Å². The SMILES string of the molecule is Cc1ccc(NC(=O)Cn2c3ccccc3n3c(=O)cc(-c4ccc(Cl)cc4)nc23)cc1C. The van der Waals surface area contributed by atoms with Gasteiger partial charge in [-0.15, -0.1) is 0 Å². The Morgan fingerprint density at radius 1 is 0.939 bits per heavy atom. The number of rotatable bonds is 4. The zero-order chi connectivity index (χ0) is 23.1. The number of carbonyl (C=O) groups excluding carboxylic acids is 1. The lowest BCUT2D eigenvalue weighted by molar-refractivity contribution is -0.116. The molecular weight excluding hydrogens is 436 g/mol. The number of amides is 1. The van der Waals surface area contributed by atoms with Crippen molar-refractivity contribution in [1.82, 2.24) is 14.0 Å². The molecule has 0 unspecified atom stereocenters. The fourth-order valence-electron chi connectivity index (χ4n) is 3.95. The molecule has 7 heteroatoms. The summed E-state index contributed by atoms with van der Waals surface area (Å²) in [6.45, 7) is 4.05. The van der Waals surface area contributed by atoms with E-state index in [2.05, 4.69) is 5.32 Å². The van der Waals surface area contributed by atoms with Gasteiger partial charge in [-0.2, -0.15) is 0 Å². The first-order valence-corrected chi connectivity index (χ1v) is 10.9. The predicted octanol–water partition coefficient (Wildman–Crippen LogP) is 5.23. The second-order valence-corrected chi connectivity index (χ2v) is 8.48. The van der Waals surface area contributed by atoms with Crippen LogP contribution in [0.3, 0.4) is 0 Å². The van der Waals surface area contributed by atoms with E-state index in [4.69, 9.17) is 16.6 Å². The maximum atomic E-state index is 13.1. The lowest BCUT2D eigenvalue weighted by Gasteiger charge is -2.10. The smallest absolute Gasteiger partial charge is 0.260 e. The van der Waals surface area contributed by atoms with Crippen molar-refractivity contribution in [3.05, 3.63) is 99.3 Å². The number of imidazole rings is 1. The van der Waals surface area contributed by atoms with E-state index < -0.39 is 0 Å². The van der Waals surface area contributed by atoms with Crippen LogP contribution in [0.5, 0.6) is 0 Å². The van der Waals surface area contributed by atoms with E-state index in [0.29, 0.717) is 22.0 Å². The number of hydrogen-bond acceptors (Lipinski definition) is 3. The third kappa shape index (κ3) is 3.90. The molecular formula is C26H21ClN4O2. The lowest BCUT2D eigenvalue weighted by Crippen LogP contribution is -2.20. The van der Waals surface area contributed by atoms with Crippen molar-refractivity contribution in [2.24, 2.45) is 0 Å². The Hall–Kier alpha value is -3.90. The number of para-hydroxylation sites is 2. The molecule has 0 aliphatic carbocycles. The molecule has 0 saturated heterocycles. The fourth-order valence-corrected chi connectivity index (χ4v) is 4.08. The number of fused-ring (bicyclic) bond motifs is 3. The van der Waals surface area contributed by atoms with Crippen LogP contribution in [0.1, 0.15) is 11.1 Å². The summed E-state index contributed by atoms with van der Waals surface area (Å²) < 4.78 is 3.31. The summed E-state index contributed by atoms with van der Waals surface area (Å²) in [6, 6.07) is 21.9. The quantitative estimate of drug-likeness (QED) is 0.403. The number of anilines is 1. The minimum Gasteiger partial charge on any atom is -0.325 e. The van der Waals surface area contributed by atoms with Crippen molar-refractivity contribution < 1.29 is 4.79 Å². The van der Waals surface area contributed by atoms with Crippen LogP contribution in [0, 0.1) is 13.8 Å². The minimum atomic E-state index is -0.213. The van der Waals surface area contributed by atoms with Crippen LogP contribution in [0.4, 0.5) is 5.69 Å². The number of halogens is 1. The Kier molecular flexibility index (Phi) is 5.23. The van der Waals surface area contributed by atoms with Gasteiger partial charge >= 0.3 is 0 Å². The van der Waals surface area contributed by atoms with Crippen LogP contribution in [-0.2, 0) is 11.3 Å². The number of carbonyl (C=O) groups is 1. The summed E-state index contributed by atoms with van der Waals surface area (Å²) in [6.07, 6.45) is 0. The van der Waals surface area contributed by atoms with E-state index in [1.807, 2.05) is 68.4 Å². The maximum absolute atomic E-state index is 13.1. The summed E-state index contributed by atoms with van der Waals surface area (Å²) in [5, 5.41) is 3.56. The van der Waals surface area contributed by atoms with Gasteiger partial charge < -0.3 is 9.88 Å². The summed E-state index contributed by atoms with van der Waals surface area (Å²) in [5.41, 5.74) is 5.53. The summed E-state index contributed by atoms with van der Waals surface area (Å²) >= 11 is 6.01. The molecule has 164 valence electrons. The summed E-state index contributed by atoms with van der Waals surface area (Å²) in [7, 11) is 0. The number of nitrogens with zero attached hydrogens (tertiary/aromatic N) is 3. The van der Waals surface area contributed by atoms with Gasteiger partial charge in [-0.3, -0.25) is 9.59 Å². The van der Waals surface area contributed by atoms with Crippen LogP contribution in [0.15, 0.2) is 77.6 Å². The highest BCUT2D eigenvalue weighted by atomic mass is 35.5. The lowest BCUT2D eigenvalue weighted by atomic mass is 10.1. The Morgan fingerprint density at radius 2 is 1.67 bits per heavy atom. The molecule has 0 saturated carbocycles. The minimum absolute atomic E-state index is 0.0143. The maximum Gasteiger partial charge on any atom is 0.260 e. The van der Waals surface area contributed by atoms with Crippen LogP contribution < -0.4 is 10.9 Å². The Morgan fingerprint density at radius 3 is 2.39 bits per heavy atom. The standard InChI is InChI=1S/C26H21ClN4O2/c1-16-7-12-20(13-17(16)2)28-24(32)15-30-22-5-3-4-6-23(22)31-25(33)14-21(29-26(30)31)18-8-10-19(27)11-9-18/h3-14H,15H2,1-2H3,(H,28,32). The van der Waals surface area contributed by atoms with Crippen molar-refractivity contribution in [1.29, 1.82) is 0 Å². The zero-order valence-electron chi connectivity index (χ0n) is 18.2. The third-order valence-electron chi connectivity index (χ3n) is 5.79. The Labute approximate surface area is 195 Å². The largest absolute Gasteiger partial charge is 0.325 e. The number of nitrogens with one attached hydrogen (secondary N) is 1. The second kappa shape index (κ2) is 8.22. The van der Waals surface area contributed by atoms with Crippen molar-refractivity contribution in [2.75, 3.05) is 5.32 Å². The summed E-state index contributed by atoms with van der Waals surface area (Å²) in [5.74, 6) is 0.205. The molecule has 5 rings (SSSR count).